The zero-order chi connectivity index (χ0) is 27.7. The van der Waals surface area contributed by atoms with Crippen LogP contribution < -0.4 is 21.7 Å². The number of amides is 1. The Hall–Kier alpha value is -0.650. The van der Waals surface area contributed by atoms with Gasteiger partial charge < -0.3 is 21.7 Å². The van der Waals surface area contributed by atoms with Crippen molar-refractivity contribution in [1.29, 1.82) is 0 Å². The maximum Gasteiger partial charge on any atom is 0.220 e. The zero-order valence-corrected chi connectivity index (χ0v) is 26.0. The van der Waals surface area contributed by atoms with E-state index >= 15 is 0 Å². The van der Waals surface area contributed by atoms with Gasteiger partial charge in [0.05, 0.1) is 0 Å². The highest BCUT2D eigenvalue weighted by Crippen LogP contribution is 2.68. The molecule has 5 nitrogen and oxygen atoms in total. The molecule has 4 saturated carbocycles. The molecule has 226 valence electrons. The van der Waals surface area contributed by atoms with Crippen molar-refractivity contribution in [2.45, 2.75) is 124 Å². The molecule has 5 N–H and O–H groups in total. The summed E-state index contributed by atoms with van der Waals surface area (Å²) in [7, 11) is 0. The maximum atomic E-state index is 12.6. The van der Waals surface area contributed by atoms with E-state index in [-0.39, 0.29) is 5.91 Å². The molecule has 39 heavy (non-hydrogen) atoms. The monoisotopic (exact) mass is 545 g/mol. The standard InChI is InChI=1S/C34H64N4O/c1-26(11-16-32(39)38-25-9-24-37-22-7-6-21-36-23-8-20-35)29-14-15-30-28-13-12-27-10-4-5-18-33(27,2)31(28)17-19-34(29,30)3/h26-31,36-37H,4-25,35H2,1-3H3,(H,38,39)/t26-,27+,28+,29-,30+,31+,33+,34-/m1/s1. The number of fused-ring (bicyclic) bond motifs is 5. The lowest BCUT2D eigenvalue weighted by atomic mass is 9.44. The molecule has 4 rings (SSSR count). The van der Waals surface area contributed by atoms with Crippen LogP contribution in [0.2, 0.25) is 0 Å². The fraction of sp³-hybridized carbons (Fsp3) is 0.971. The summed E-state index contributed by atoms with van der Waals surface area (Å²) < 4.78 is 0. The minimum atomic E-state index is 0.261. The van der Waals surface area contributed by atoms with Gasteiger partial charge in [-0.15, -0.1) is 0 Å². The third kappa shape index (κ3) is 7.60. The quantitative estimate of drug-likeness (QED) is 0.173. The van der Waals surface area contributed by atoms with Gasteiger partial charge in [-0.05, 0) is 163 Å². The fourth-order valence-corrected chi connectivity index (χ4v) is 10.3. The molecule has 0 aromatic rings. The molecule has 0 saturated heterocycles. The number of rotatable bonds is 16. The second-order valence-corrected chi connectivity index (χ2v) is 14.7. The van der Waals surface area contributed by atoms with E-state index in [1.54, 1.807) is 0 Å². The maximum absolute atomic E-state index is 12.6. The number of nitrogens with one attached hydrogen (secondary N) is 3. The van der Waals surface area contributed by atoms with Crippen molar-refractivity contribution in [1.82, 2.24) is 16.0 Å². The Bertz CT molecular complexity index is 745. The number of carbonyl (C=O) groups is 1. The van der Waals surface area contributed by atoms with Crippen LogP contribution in [-0.4, -0.2) is 45.2 Å². The van der Waals surface area contributed by atoms with Crippen molar-refractivity contribution in [2.75, 3.05) is 39.3 Å². The van der Waals surface area contributed by atoms with Crippen molar-refractivity contribution in [3.8, 4) is 0 Å². The molecule has 0 radical (unpaired) electrons. The predicted octanol–water partition coefficient (Wildman–Crippen LogP) is 6.27. The Labute approximate surface area is 241 Å². The van der Waals surface area contributed by atoms with Crippen molar-refractivity contribution in [3.63, 3.8) is 0 Å². The van der Waals surface area contributed by atoms with E-state index in [0.29, 0.717) is 23.2 Å². The first-order chi connectivity index (χ1) is 18.9. The first-order valence-electron chi connectivity index (χ1n) is 17.3. The molecule has 4 fully saturated rings. The molecule has 0 unspecified atom stereocenters. The van der Waals surface area contributed by atoms with Gasteiger partial charge in [-0.3, -0.25) is 4.79 Å². The first-order valence-corrected chi connectivity index (χ1v) is 17.3. The lowest BCUT2D eigenvalue weighted by Crippen LogP contribution is -2.53. The van der Waals surface area contributed by atoms with E-state index in [9.17, 15) is 4.79 Å². The highest BCUT2D eigenvalue weighted by atomic mass is 16.1. The van der Waals surface area contributed by atoms with Crippen LogP contribution in [-0.2, 0) is 4.79 Å². The number of hydrogen-bond acceptors (Lipinski definition) is 4. The second kappa shape index (κ2) is 15.0. The van der Waals surface area contributed by atoms with Gasteiger partial charge in [-0.1, -0.05) is 33.6 Å². The minimum Gasteiger partial charge on any atom is -0.356 e. The molecule has 0 bridgehead atoms. The van der Waals surface area contributed by atoms with Gasteiger partial charge in [0, 0.05) is 13.0 Å². The number of hydrogen-bond donors (Lipinski definition) is 4. The van der Waals surface area contributed by atoms with E-state index in [1.165, 1.54) is 77.0 Å². The number of carbonyl (C=O) groups excluding carboxylic acids is 1. The fourth-order valence-electron chi connectivity index (χ4n) is 10.3. The van der Waals surface area contributed by atoms with Gasteiger partial charge in [-0.2, -0.15) is 0 Å². The molecule has 1 amide bonds. The molecule has 4 aliphatic rings. The van der Waals surface area contributed by atoms with Crippen molar-refractivity contribution >= 4 is 5.91 Å². The average molecular weight is 545 g/mol. The van der Waals surface area contributed by atoms with Gasteiger partial charge in [0.15, 0.2) is 0 Å². The lowest BCUT2D eigenvalue weighted by Gasteiger charge is -2.61. The number of nitrogens with two attached hydrogens (primary N) is 1. The Kier molecular flexibility index (Phi) is 12.0. The summed E-state index contributed by atoms with van der Waals surface area (Å²) in [5.41, 5.74) is 6.67. The van der Waals surface area contributed by atoms with Crippen LogP contribution in [0.1, 0.15) is 124 Å². The largest absolute Gasteiger partial charge is 0.356 e. The van der Waals surface area contributed by atoms with E-state index in [0.717, 1.165) is 88.1 Å². The normalized spacial score (nSPS) is 36.6. The average Bonchev–Trinajstić information content (AvgIpc) is 3.29. The predicted molar refractivity (Wildman–Crippen MR) is 165 cm³/mol. The molecule has 0 aromatic carbocycles. The summed E-state index contributed by atoms with van der Waals surface area (Å²) in [6.07, 6.45) is 21.0. The van der Waals surface area contributed by atoms with Crippen LogP contribution in [0.3, 0.4) is 0 Å². The summed E-state index contributed by atoms with van der Waals surface area (Å²) in [5.74, 6) is 5.67. The van der Waals surface area contributed by atoms with Crippen LogP contribution in [0.15, 0.2) is 0 Å². The highest BCUT2D eigenvalue weighted by molar-refractivity contribution is 5.75. The van der Waals surface area contributed by atoms with Gasteiger partial charge in [0.1, 0.15) is 0 Å². The molecular formula is C34H64N4O. The van der Waals surface area contributed by atoms with Crippen LogP contribution in [0, 0.1) is 46.3 Å². The molecule has 4 aliphatic carbocycles. The molecule has 0 spiro atoms. The summed E-state index contributed by atoms with van der Waals surface area (Å²) >= 11 is 0. The molecule has 0 aromatic heterocycles. The summed E-state index contributed by atoms with van der Waals surface area (Å²) in [5, 5.41) is 10.1. The molecule has 0 aliphatic heterocycles. The Balaban J connectivity index is 1.11. The minimum absolute atomic E-state index is 0.261. The smallest absolute Gasteiger partial charge is 0.220 e. The third-order valence-electron chi connectivity index (χ3n) is 12.5. The summed E-state index contributed by atoms with van der Waals surface area (Å²) in [4.78, 5) is 12.6. The van der Waals surface area contributed by atoms with E-state index in [2.05, 4.69) is 36.7 Å². The Morgan fingerprint density at radius 1 is 0.795 bits per heavy atom. The molecular weight excluding hydrogens is 480 g/mol. The Morgan fingerprint density at radius 2 is 1.51 bits per heavy atom. The zero-order valence-electron chi connectivity index (χ0n) is 26.0. The molecule has 0 heterocycles. The Morgan fingerprint density at radius 3 is 2.28 bits per heavy atom. The SMILES string of the molecule is C[C@H](CCC(=O)NCCCNCCCCNCCCN)[C@H]1CC[C@H]2[C@@H]3CC[C@@H]4CCCC[C@]4(C)[C@H]3CC[C@]12C. The molecule has 8 atom stereocenters. The van der Waals surface area contributed by atoms with E-state index in [4.69, 9.17) is 5.73 Å². The van der Waals surface area contributed by atoms with Crippen LogP contribution >= 0.6 is 0 Å². The first kappa shape index (κ1) is 31.3. The van der Waals surface area contributed by atoms with Gasteiger partial charge >= 0.3 is 0 Å². The van der Waals surface area contributed by atoms with E-state index in [1.807, 2.05) is 0 Å². The highest BCUT2D eigenvalue weighted by Gasteiger charge is 2.60. The van der Waals surface area contributed by atoms with Crippen LogP contribution in [0.25, 0.3) is 0 Å². The third-order valence-corrected chi connectivity index (χ3v) is 12.5. The van der Waals surface area contributed by atoms with Gasteiger partial charge in [0.25, 0.3) is 0 Å². The second-order valence-electron chi connectivity index (χ2n) is 14.7. The van der Waals surface area contributed by atoms with Gasteiger partial charge in [-0.25, -0.2) is 0 Å². The summed E-state index contributed by atoms with van der Waals surface area (Å²) in [6, 6.07) is 0. The van der Waals surface area contributed by atoms with Crippen LogP contribution in [0.4, 0.5) is 0 Å². The lowest BCUT2D eigenvalue weighted by molar-refractivity contribution is -0.122. The summed E-state index contributed by atoms with van der Waals surface area (Å²) in [6.45, 7) is 13.6. The molecule has 5 heteroatoms. The van der Waals surface area contributed by atoms with Crippen molar-refractivity contribution in [3.05, 3.63) is 0 Å². The van der Waals surface area contributed by atoms with Crippen molar-refractivity contribution in [2.24, 2.45) is 52.1 Å². The van der Waals surface area contributed by atoms with Gasteiger partial charge in [0.2, 0.25) is 5.91 Å². The topological polar surface area (TPSA) is 79.2 Å². The number of unbranched alkanes of at least 4 members (excludes halogenated alkanes) is 1. The van der Waals surface area contributed by atoms with Crippen molar-refractivity contribution < 1.29 is 4.79 Å². The van der Waals surface area contributed by atoms with Crippen LogP contribution in [0.5, 0.6) is 0 Å². The van der Waals surface area contributed by atoms with E-state index < -0.39 is 0 Å².